The molecule has 18 heavy (non-hydrogen) atoms. The number of hydrogen-bond donors (Lipinski definition) is 1. The summed E-state index contributed by atoms with van der Waals surface area (Å²) in [6.07, 6.45) is 7.15. The van der Waals surface area contributed by atoms with Gasteiger partial charge >= 0.3 is 0 Å². The van der Waals surface area contributed by atoms with Crippen molar-refractivity contribution in [3.63, 3.8) is 0 Å². The minimum absolute atomic E-state index is 0.274. The van der Waals surface area contributed by atoms with Crippen LogP contribution < -0.4 is 5.32 Å². The van der Waals surface area contributed by atoms with Crippen molar-refractivity contribution in [2.45, 2.75) is 64.5 Å². The lowest BCUT2D eigenvalue weighted by molar-refractivity contribution is 0.128. The van der Waals surface area contributed by atoms with Gasteiger partial charge in [-0.05, 0) is 45.6 Å². The highest BCUT2D eigenvalue weighted by atomic mass is 32.2. The van der Waals surface area contributed by atoms with Crippen molar-refractivity contribution in [2.75, 3.05) is 24.7 Å². The summed E-state index contributed by atoms with van der Waals surface area (Å²) in [4.78, 5) is 0. The molecule has 3 nitrogen and oxygen atoms in total. The van der Waals surface area contributed by atoms with Crippen molar-refractivity contribution in [3.05, 3.63) is 0 Å². The smallest absolute Gasteiger partial charge is 0.0691 e. The highest BCUT2D eigenvalue weighted by molar-refractivity contribution is 7.85. The second-order valence-electron chi connectivity index (χ2n) is 5.30. The van der Waals surface area contributed by atoms with Crippen molar-refractivity contribution in [3.8, 4) is 0 Å². The fourth-order valence-electron chi connectivity index (χ4n) is 2.27. The summed E-state index contributed by atoms with van der Waals surface area (Å²) in [5, 5.41) is 3.48. The molecule has 0 amide bonds. The Bertz CT molecular complexity index is 230. The van der Waals surface area contributed by atoms with E-state index in [2.05, 4.69) is 19.2 Å². The van der Waals surface area contributed by atoms with E-state index in [1.165, 1.54) is 19.3 Å². The summed E-state index contributed by atoms with van der Waals surface area (Å²) < 4.78 is 17.3. The predicted molar refractivity (Wildman–Crippen MR) is 78.5 cm³/mol. The van der Waals surface area contributed by atoms with Crippen LogP contribution >= 0.6 is 0 Å². The molecule has 1 rings (SSSR count). The molecule has 108 valence electrons. The van der Waals surface area contributed by atoms with Gasteiger partial charge in [0.15, 0.2) is 0 Å². The predicted octanol–water partition coefficient (Wildman–Crippen LogP) is 2.47. The average Bonchev–Trinajstić information content (AvgIpc) is 2.85. The van der Waals surface area contributed by atoms with E-state index in [0.29, 0.717) is 6.04 Å². The summed E-state index contributed by atoms with van der Waals surface area (Å²) in [5.41, 5.74) is 0. The molecule has 1 aliphatic rings. The van der Waals surface area contributed by atoms with Gasteiger partial charge in [-0.3, -0.25) is 4.21 Å². The third-order valence-electron chi connectivity index (χ3n) is 3.40. The highest BCUT2D eigenvalue weighted by Gasteiger charge is 2.17. The van der Waals surface area contributed by atoms with Gasteiger partial charge < -0.3 is 10.1 Å². The number of ether oxygens (including phenoxy) is 1. The normalized spacial score (nSPS) is 23.1. The second kappa shape index (κ2) is 9.93. The number of rotatable bonds is 10. The molecule has 0 bridgehead atoms. The molecule has 4 heteroatoms. The van der Waals surface area contributed by atoms with Crippen LogP contribution in [0.2, 0.25) is 0 Å². The summed E-state index contributed by atoms with van der Waals surface area (Å²) in [5.74, 6) is 1.60. The van der Waals surface area contributed by atoms with Crippen LogP contribution in [0, 0.1) is 0 Å². The van der Waals surface area contributed by atoms with Crippen LogP contribution in [-0.4, -0.2) is 41.0 Å². The van der Waals surface area contributed by atoms with E-state index in [-0.39, 0.29) is 6.10 Å². The fourth-order valence-corrected chi connectivity index (χ4v) is 3.64. The Morgan fingerprint density at radius 2 is 2.28 bits per heavy atom. The van der Waals surface area contributed by atoms with E-state index in [0.717, 1.165) is 43.9 Å². The molecule has 0 aromatic heterocycles. The Hall–Kier alpha value is 0.0700. The van der Waals surface area contributed by atoms with E-state index < -0.39 is 10.8 Å². The molecule has 0 aromatic carbocycles. The lowest BCUT2D eigenvalue weighted by Crippen LogP contribution is -2.26. The minimum atomic E-state index is -0.675. The topological polar surface area (TPSA) is 38.3 Å². The Labute approximate surface area is 115 Å². The van der Waals surface area contributed by atoms with Gasteiger partial charge in [-0.1, -0.05) is 13.3 Å². The van der Waals surface area contributed by atoms with E-state index in [1.54, 1.807) is 0 Å². The van der Waals surface area contributed by atoms with Gasteiger partial charge in [-0.2, -0.15) is 0 Å². The molecule has 3 atom stereocenters. The first-order valence-electron chi connectivity index (χ1n) is 7.42. The van der Waals surface area contributed by atoms with Crippen molar-refractivity contribution >= 4 is 10.8 Å². The van der Waals surface area contributed by atoms with Crippen LogP contribution in [-0.2, 0) is 15.5 Å². The number of hydrogen-bond acceptors (Lipinski definition) is 3. The van der Waals surface area contributed by atoms with Gasteiger partial charge in [-0.25, -0.2) is 0 Å². The SMILES string of the molecule is CCCNC(C)CCCCS(=O)CC1CCCO1. The molecule has 3 unspecified atom stereocenters. The molecule has 1 aliphatic heterocycles. The molecule has 1 saturated heterocycles. The maximum atomic E-state index is 11.8. The van der Waals surface area contributed by atoms with E-state index in [4.69, 9.17) is 4.74 Å². The molecular formula is C14H29NO2S. The Morgan fingerprint density at radius 3 is 2.94 bits per heavy atom. The second-order valence-corrected chi connectivity index (χ2v) is 6.92. The summed E-state index contributed by atoms with van der Waals surface area (Å²) in [7, 11) is -0.675. The minimum Gasteiger partial charge on any atom is -0.377 e. The number of nitrogens with one attached hydrogen (secondary N) is 1. The first-order valence-corrected chi connectivity index (χ1v) is 8.91. The molecule has 1 heterocycles. The van der Waals surface area contributed by atoms with Gasteiger partial charge in [0.1, 0.15) is 0 Å². The zero-order chi connectivity index (χ0) is 13.2. The standard InChI is InChI=1S/C14H29NO2S/c1-3-9-15-13(2)7-4-5-11-18(16)12-14-8-6-10-17-14/h13-15H,3-12H2,1-2H3. The van der Waals surface area contributed by atoms with Gasteiger partial charge in [0.2, 0.25) is 0 Å². The maximum absolute atomic E-state index is 11.8. The third-order valence-corrected chi connectivity index (χ3v) is 4.89. The zero-order valence-electron chi connectivity index (χ0n) is 12.0. The molecule has 0 aromatic rings. The van der Waals surface area contributed by atoms with Crippen molar-refractivity contribution in [1.82, 2.24) is 5.32 Å². The van der Waals surface area contributed by atoms with Crippen LogP contribution in [0.4, 0.5) is 0 Å². The lowest BCUT2D eigenvalue weighted by Gasteiger charge is -2.13. The Balaban J connectivity index is 1.94. The third kappa shape index (κ3) is 7.49. The molecular weight excluding hydrogens is 246 g/mol. The Morgan fingerprint density at radius 1 is 1.44 bits per heavy atom. The maximum Gasteiger partial charge on any atom is 0.0691 e. The first kappa shape index (κ1) is 16.1. The summed E-state index contributed by atoms with van der Waals surface area (Å²) >= 11 is 0. The van der Waals surface area contributed by atoms with Crippen LogP contribution in [0.5, 0.6) is 0 Å². The molecule has 0 saturated carbocycles. The monoisotopic (exact) mass is 275 g/mol. The highest BCUT2D eigenvalue weighted by Crippen LogP contribution is 2.13. The molecule has 0 radical (unpaired) electrons. The summed E-state index contributed by atoms with van der Waals surface area (Å²) in [6.45, 7) is 6.39. The Kier molecular flexibility index (Phi) is 8.90. The largest absolute Gasteiger partial charge is 0.377 e. The zero-order valence-corrected chi connectivity index (χ0v) is 12.8. The lowest BCUT2D eigenvalue weighted by atomic mass is 10.1. The first-order chi connectivity index (χ1) is 8.72. The summed E-state index contributed by atoms with van der Waals surface area (Å²) in [6, 6.07) is 0.594. The van der Waals surface area contributed by atoms with Crippen LogP contribution in [0.25, 0.3) is 0 Å². The molecule has 1 fully saturated rings. The fraction of sp³-hybridized carbons (Fsp3) is 1.00. The van der Waals surface area contributed by atoms with Crippen LogP contribution in [0.1, 0.15) is 52.4 Å². The van der Waals surface area contributed by atoms with Gasteiger partial charge in [-0.15, -0.1) is 0 Å². The van der Waals surface area contributed by atoms with Gasteiger partial charge in [0.25, 0.3) is 0 Å². The van der Waals surface area contributed by atoms with E-state index >= 15 is 0 Å². The van der Waals surface area contributed by atoms with Crippen molar-refractivity contribution in [2.24, 2.45) is 0 Å². The molecule has 1 N–H and O–H groups in total. The molecule has 0 spiro atoms. The van der Waals surface area contributed by atoms with E-state index in [9.17, 15) is 4.21 Å². The van der Waals surface area contributed by atoms with Crippen LogP contribution in [0.15, 0.2) is 0 Å². The van der Waals surface area contributed by atoms with Gasteiger partial charge in [0.05, 0.1) is 6.10 Å². The van der Waals surface area contributed by atoms with Crippen molar-refractivity contribution < 1.29 is 8.95 Å². The average molecular weight is 275 g/mol. The quantitative estimate of drug-likeness (QED) is 0.623. The van der Waals surface area contributed by atoms with Gasteiger partial charge in [0, 0.05) is 35.0 Å². The van der Waals surface area contributed by atoms with Crippen molar-refractivity contribution in [1.29, 1.82) is 0 Å². The van der Waals surface area contributed by atoms with E-state index in [1.807, 2.05) is 0 Å². The van der Waals surface area contributed by atoms with Crippen LogP contribution in [0.3, 0.4) is 0 Å². The number of unbranched alkanes of at least 4 members (excludes halogenated alkanes) is 1. The molecule has 0 aliphatic carbocycles.